The first-order valence-corrected chi connectivity index (χ1v) is 8.46. The Morgan fingerprint density at radius 2 is 1.96 bits per heavy atom. The van der Waals surface area contributed by atoms with Crippen LogP contribution in [0, 0.1) is 5.82 Å². The highest BCUT2D eigenvalue weighted by Crippen LogP contribution is 2.25. The molecule has 3 rings (SSSR count). The number of halogens is 1. The molecule has 2 N–H and O–H groups in total. The highest BCUT2D eigenvalue weighted by molar-refractivity contribution is 7.14. The lowest BCUT2D eigenvalue weighted by Crippen LogP contribution is -2.13. The summed E-state index contributed by atoms with van der Waals surface area (Å²) in [6.45, 7) is 5.98. The van der Waals surface area contributed by atoms with Gasteiger partial charge in [-0.1, -0.05) is 25.9 Å². The van der Waals surface area contributed by atoms with Gasteiger partial charge >= 0.3 is 0 Å². The second kappa shape index (κ2) is 6.64. The van der Waals surface area contributed by atoms with Gasteiger partial charge in [-0.25, -0.2) is 9.37 Å². The van der Waals surface area contributed by atoms with Crippen molar-refractivity contribution in [3.05, 3.63) is 53.0 Å². The van der Waals surface area contributed by atoms with Crippen LogP contribution in [0.25, 0.3) is 0 Å². The smallest absolute Gasteiger partial charge is 0.276 e. The van der Waals surface area contributed by atoms with E-state index >= 15 is 0 Å². The van der Waals surface area contributed by atoms with E-state index in [2.05, 4.69) is 20.8 Å². The van der Waals surface area contributed by atoms with Crippen molar-refractivity contribution in [3.8, 4) is 0 Å². The molecule has 0 radical (unpaired) electrons. The van der Waals surface area contributed by atoms with Crippen LogP contribution in [0.4, 0.5) is 21.0 Å². The van der Waals surface area contributed by atoms with Gasteiger partial charge in [0, 0.05) is 22.5 Å². The Hall–Kier alpha value is -2.74. The lowest BCUT2D eigenvalue weighted by atomic mass is 9.93. The molecule has 0 atom stereocenters. The van der Waals surface area contributed by atoms with Gasteiger partial charge in [-0.15, -0.1) is 11.3 Å². The Morgan fingerprint density at radius 3 is 2.60 bits per heavy atom. The summed E-state index contributed by atoms with van der Waals surface area (Å²) in [6, 6.07) is 7.59. The molecule has 0 unspecified atom stereocenters. The fourth-order valence-electron chi connectivity index (χ4n) is 1.96. The summed E-state index contributed by atoms with van der Waals surface area (Å²) < 4.78 is 18.1. The Labute approximate surface area is 148 Å². The largest absolute Gasteiger partial charge is 0.359 e. The maximum Gasteiger partial charge on any atom is 0.276 e. The second-order valence-corrected chi connectivity index (χ2v) is 7.31. The van der Waals surface area contributed by atoms with Crippen LogP contribution in [-0.4, -0.2) is 16.0 Å². The van der Waals surface area contributed by atoms with Crippen molar-refractivity contribution in [3.63, 3.8) is 0 Å². The predicted octanol–water partition coefficient (Wildman–Crippen LogP) is 4.56. The highest BCUT2D eigenvalue weighted by Gasteiger charge is 2.21. The number of benzene rings is 1. The number of hydrogen-bond acceptors (Lipinski definition) is 6. The van der Waals surface area contributed by atoms with Crippen molar-refractivity contribution in [1.29, 1.82) is 0 Å². The lowest BCUT2D eigenvalue weighted by molar-refractivity contribution is 0.102. The minimum atomic E-state index is -0.378. The number of nitrogens with zero attached hydrogens (tertiary/aromatic N) is 2. The average molecular weight is 360 g/mol. The minimum Gasteiger partial charge on any atom is -0.359 e. The third-order valence-electron chi connectivity index (χ3n) is 3.32. The van der Waals surface area contributed by atoms with Crippen molar-refractivity contribution in [1.82, 2.24) is 10.1 Å². The summed E-state index contributed by atoms with van der Waals surface area (Å²) in [5, 5.41) is 11.7. The fraction of sp³-hybridized carbons (Fsp3) is 0.235. The van der Waals surface area contributed by atoms with Crippen LogP contribution in [0.3, 0.4) is 0 Å². The van der Waals surface area contributed by atoms with Crippen molar-refractivity contribution < 1.29 is 13.7 Å². The normalized spacial score (nSPS) is 11.4. The van der Waals surface area contributed by atoms with Crippen LogP contribution < -0.4 is 10.6 Å². The number of aromatic nitrogens is 2. The first-order valence-electron chi connectivity index (χ1n) is 7.58. The average Bonchev–Trinajstić information content (AvgIpc) is 3.18. The monoisotopic (exact) mass is 360 g/mol. The molecule has 0 saturated heterocycles. The number of nitrogens with one attached hydrogen (secondary N) is 2. The summed E-state index contributed by atoms with van der Waals surface area (Å²) >= 11 is 1.28. The Kier molecular flexibility index (Phi) is 4.54. The molecule has 6 nitrogen and oxygen atoms in total. The van der Waals surface area contributed by atoms with Gasteiger partial charge in [-0.2, -0.15) is 0 Å². The first kappa shape index (κ1) is 17.1. The van der Waals surface area contributed by atoms with Crippen LogP contribution in [-0.2, 0) is 5.41 Å². The zero-order valence-corrected chi connectivity index (χ0v) is 14.8. The van der Waals surface area contributed by atoms with Crippen molar-refractivity contribution in [2.45, 2.75) is 26.2 Å². The van der Waals surface area contributed by atoms with Crippen molar-refractivity contribution >= 4 is 33.9 Å². The van der Waals surface area contributed by atoms with E-state index in [4.69, 9.17) is 4.52 Å². The molecule has 2 aromatic heterocycles. The van der Waals surface area contributed by atoms with E-state index in [1.54, 1.807) is 23.6 Å². The molecule has 2 heterocycles. The van der Waals surface area contributed by atoms with Gasteiger partial charge in [0.25, 0.3) is 5.91 Å². The summed E-state index contributed by atoms with van der Waals surface area (Å²) in [5.74, 6) is 0.333. The molecular formula is C17H17FN4O2S. The van der Waals surface area contributed by atoms with Crippen molar-refractivity contribution in [2.24, 2.45) is 0 Å². The van der Waals surface area contributed by atoms with Crippen LogP contribution in [0.1, 0.15) is 37.0 Å². The topological polar surface area (TPSA) is 80.0 Å². The summed E-state index contributed by atoms with van der Waals surface area (Å²) in [4.78, 5) is 16.5. The summed E-state index contributed by atoms with van der Waals surface area (Å²) in [6.07, 6.45) is 0. The molecule has 0 aliphatic rings. The van der Waals surface area contributed by atoms with Crippen LogP contribution in [0.2, 0.25) is 0 Å². The minimum absolute atomic E-state index is 0.192. The molecule has 0 bridgehead atoms. The van der Waals surface area contributed by atoms with Crippen molar-refractivity contribution in [2.75, 3.05) is 10.6 Å². The van der Waals surface area contributed by atoms with Crippen LogP contribution in [0.15, 0.2) is 40.2 Å². The van der Waals surface area contributed by atoms with Gasteiger partial charge < -0.3 is 15.2 Å². The van der Waals surface area contributed by atoms with E-state index in [0.717, 1.165) is 0 Å². The second-order valence-electron chi connectivity index (χ2n) is 6.45. The number of carbonyl (C=O) groups is 1. The third-order valence-corrected chi connectivity index (χ3v) is 4.08. The molecule has 130 valence electrons. The van der Waals surface area contributed by atoms with Crippen LogP contribution >= 0.6 is 11.3 Å². The quantitative estimate of drug-likeness (QED) is 0.713. The molecule has 0 aliphatic heterocycles. The fourth-order valence-corrected chi connectivity index (χ4v) is 2.67. The third kappa shape index (κ3) is 4.21. The van der Waals surface area contributed by atoms with Gasteiger partial charge in [0.15, 0.2) is 10.9 Å². The lowest BCUT2D eigenvalue weighted by Gasteiger charge is -2.11. The van der Waals surface area contributed by atoms with E-state index in [0.29, 0.717) is 22.4 Å². The Morgan fingerprint density at radius 1 is 1.24 bits per heavy atom. The number of amides is 1. The van der Waals surface area contributed by atoms with E-state index < -0.39 is 0 Å². The van der Waals surface area contributed by atoms with Gasteiger partial charge in [0.1, 0.15) is 17.3 Å². The number of hydrogen-bond donors (Lipinski definition) is 2. The number of carbonyl (C=O) groups excluding carboxylic acids is 1. The van der Waals surface area contributed by atoms with Gasteiger partial charge in [-0.3, -0.25) is 4.79 Å². The standard InChI is InChI=1S/C17H17FN4O2S/c1-17(2,3)13-8-14(22-24-13)21-15(23)12-9-25-16(20-12)19-11-6-4-10(18)5-7-11/h4-9H,1-3H3,(H,19,20)(H,21,22,23). The van der Waals surface area contributed by atoms with E-state index in [-0.39, 0.29) is 22.8 Å². The molecule has 1 amide bonds. The summed E-state index contributed by atoms with van der Waals surface area (Å²) in [7, 11) is 0. The molecule has 0 aliphatic carbocycles. The molecule has 1 aromatic carbocycles. The van der Waals surface area contributed by atoms with E-state index in [9.17, 15) is 9.18 Å². The number of thiazole rings is 1. The molecule has 3 aromatic rings. The zero-order valence-electron chi connectivity index (χ0n) is 14.0. The Bertz CT molecular complexity index is 881. The zero-order chi connectivity index (χ0) is 18.0. The van der Waals surface area contributed by atoms with Crippen LogP contribution in [0.5, 0.6) is 0 Å². The van der Waals surface area contributed by atoms with Gasteiger partial charge in [0.05, 0.1) is 0 Å². The Balaban J connectivity index is 1.66. The van der Waals surface area contributed by atoms with Gasteiger partial charge in [0.2, 0.25) is 0 Å². The summed E-state index contributed by atoms with van der Waals surface area (Å²) in [5.41, 5.74) is 0.756. The predicted molar refractivity (Wildman–Crippen MR) is 95.0 cm³/mol. The molecule has 0 fully saturated rings. The first-order chi connectivity index (χ1) is 11.8. The number of anilines is 3. The molecule has 0 spiro atoms. The maximum atomic E-state index is 12.9. The molecule has 8 heteroatoms. The SMILES string of the molecule is CC(C)(C)c1cc(NC(=O)c2csc(Nc3ccc(F)cc3)n2)no1. The molecule has 0 saturated carbocycles. The van der Waals surface area contributed by atoms with E-state index in [1.807, 2.05) is 20.8 Å². The van der Waals surface area contributed by atoms with Gasteiger partial charge in [-0.05, 0) is 24.3 Å². The maximum absolute atomic E-state index is 12.9. The van der Waals surface area contributed by atoms with E-state index in [1.165, 1.54) is 23.5 Å². The molecular weight excluding hydrogens is 343 g/mol. The number of rotatable bonds is 4. The highest BCUT2D eigenvalue weighted by atomic mass is 32.1. The molecule has 25 heavy (non-hydrogen) atoms.